The molecule has 0 saturated carbocycles. The Hall–Kier alpha value is -1.13. The first kappa shape index (κ1) is 9.43. The van der Waals surface area contributed by atoms with Crippen LogP contribution in [0.25, 0.3) is 0 Å². The summed E-state index contributed by atoms with van der Waals surface area (Å²) in [5, 5.41) is 5.81. The highest BCUT2D eigenvalue weighted by Gasteiger charge is 2.21. The third kappa shape index (κ3) is 1.71. The van der Waals surface area contributed by atoms with Crippen molar-refractivity contribution in [3.63, 3.8) is 0 Å². The lowest BCUT2D eigenvalue weighted by molar-refractivity contribution is 0.280. The van der Waals surface area contributed by atoms with Crippen molar-refractivity contribution in [3.05, 3.63) is 35.9 Å². The number of nitrogens with one attached hydrogen (secondary N) is 2. The molecule has 1 unspecified atom stereocenters. The van der Waals surface area contributed by atoms with Crippen LogP contribution in [-0.2, 0) is 0 Å². The van der Waals surface area contributed by atoms with Crippen LogP contribution in [-0.4, -0.2) is 16.8 Å². The molecule has 0 spiro atoms. The van der Waals surface area contributed by atoms with Crippen LogP contribution in [0.5, 0.6) is 0 Å². The van der Waals surface area contributed by atoms with E-state index < -0.39 is 0 Å². The molecule has 1 aromatic rings. The third-order valence-electron chi connectivity index (χ3n) is 2.38. The Kier molecular flexibility index (Phi) is 2.65. The number of benzene rings is 1. The second-order valence-electron chi connectivity index (χ2n) is 3.27. The molecule has 3 nitrogen and oxygen atoms in total. The van der Waals surface area contributed by atoms with E-state index in [-0.39, 0.29) is 6.04 Å². The van der Waals surface area contributed by atoms with Crippen LogP contribution in [0, 0.1) is 0 Å². The molecule has 14 heavy (non-hydrogen) atoms. The Balaban J connectivity index is 2.16. The Morgan fingerprint density at radius 2 is 2.07 bits per heavy atom. The summed E-state index contributed by atoms with van der Waals surface area (Å²) in [6, 6.07) is 10.6. The molecule has 1 fully saturated rings. The fourth-order valence-electron chi connectivity index (χ4n) is 1.55. The van der Waals surface area contributed by atoms with Gasteiger partial charge in [-0.25, -0.2) is 5.43 Å². The maximum atomic E-state index is 5.17. The fourth-order valence-corrected chi connectivity index (χ4v) is 1.85. The molecule has 0 aromatic heterocycles. The van der Waals surface area contributed by atoms with Gasteiger partial charge in [0.05, 0.1) is 12.7 Å². The van der Waals surface area contributed by atoms with Gasteiger partial charge in [-0.05, 0) is 24.7 Å². The first-order valence-electron chi connectivity index (χ1n) is 4.64. The van der Waals surface area contributed by atoms with Gasteiger partial charge in [0.1, 0.15) is 0 Å². The molecule has 0 amide bonds. The predicted octanol–water partition coefficient (Wildman–Crippen LogP) is 1.40. The lowest BCUT2D eigenvalue weighted by Gasteiger charge is -2.24. The van der Waals surface area contributed by atoms with Crippen LogP contribution in [0.2, 0.25) is 0 Å². The summed E-state index contributed by atoms with van der Waals surface area (Å²) in [6.07, 6.45) is 0. The lowest BCUT2D eigenvalue weighted by atomic mass is 10.1. The van der Waals surface area contributed by atoms with Crippen molar-refractivity contribution in [2.45, 2.75) is 13.0 Å². The van der Waals surface area contributed by atoms with Crippen LogP contribution < -0.4 is 10.7 Å². The Morgan fingerprint density at radius 3 is 2.64 bits per heavy atom. The highest BCUT2D eigenvalue weighted by atomic mass is 32.1. The summed E-state index contributed by atoms with van der Waals surface area (Å²) in [7, 11) is 0. The summed E-state index contributed by atoms with van der Waals surface area (Å²) >= 11 is 5.17. The largest absolute Gasteiger partial charge is 0.347 e. The lowest BCUT2D eigenvalue weighted by Crippen LogP contribution is -2.36. The predicted molar refractivity (Wildman–Crippen MR) is 60.4 cm³/mol. The number of hydrogen-bond acceptors (Lipinski definition) is 2. The zero-order valence-corrected chi connectivity index (χ0v) is 8.84. The molecule has 74 valence electrons. The van der Waals surface area contributed by atoms with Crippen LogP contribution in [0.4, 0.5) is 0 Å². The normalized spacial score (nSPS) is 18.1. The Morgan fingerprint density at radius 1 is 1.36 bits per heavy atom. The number of thiocarbonyl (C=S) groups is 1. The molecule has 0 aliphatic carbocycles. The number of hydrazine groups is 1. The van der Waals surface area contributed by atoms with Gasteiger partial charge in [-0.15, -0.1) is 0 Å². The van der Waals surface area contributed by atoms with Gasteiger partial charge >= 0.3 is 0 Å². The average molecular weight is 207 g/mol. The summed E-state index contributed by atoms with van der Waals surface area (Å²) in [6.45, 7) is 2.84. The van der Waals surface area contributed by atoms with Gasteiger partial charge in [0, 0.05) is 0 Å². The molecule has 1 saturated heterocycles. The Labute approximate surface area is 89.1 Å². The van der Waals surface area contributed by atoms with Gasteiger partial charge in [0.25, 0.3) is 0 Å². The van der Waals surface area contributed by atoms with Crippen LogP contribution in [0.15, 0.2) is 30.3 Å². The fraction of sp³-hybridized carbons (Fsp3) is 0.300. The van der Waals surface area contributed by atoms with Crippen LogP contribution in [0.3, 0.4) is 0 Å². The van der Waals surface area contributed by atoms with E-state index in [0.717, 1.165) is 11.8 Å². The molecule has 0 radical (unpaired) electrons. The summed E-state index contributed by atoms with van der Waals surface area (Å²) in [4.78, 5) is 0. The van der Waals surface area contributed by atoms with Crippen LogP contribution in [0.1, 0.15) is 18.5 Å². The molecule has 0 bridgehead atoms. The topological polar surface area (TPSA) is 27.3 Å². The molecule has 2 rings (SSSR count). The third-order valence-corrected chi connectivity index (χ3v) is 2.72. The zero-order valence-electron chi connectivity index (χ0n) is 8.03. The van der Waals surface area contributed by atoms with Gasteiger partial charge in [-0.3, -0.25) is 5.01 Å². The second-order valence-corrected chi connectivity index (χ2v) is 3.66. The first-order chi connectivity index (χ1) is 6.79. The number of nitrogens with zero attached hydrogens (tertiary/aromatic N) is 1. The van der Waals surface area contributed by atoms with Gasteiger partial charge in [-0.1, -0.05) is 30.3 Å². The SMILES string of the molecule is CC(c1ccccc1)N1NCNC1=S. The molecule has 1 heterocycles. The van der Waals surface area contributed by atoms with Crippen molar-refractivity contribution < 1.29 is 0 Å². The van der Waals surface area contributed by atoms with E-state index in [4.69, 9.17) is 12.2 Å². The molecular weight excluding hydrogens is 194 g/mol. The highest BCUT2D eigenvalue weighted by molar-refractivity contribution is 7.80. The maximum Gasteiger partial charge on any atom is 0.185 e. The Bertz CT molecular complexity index is 325. The van der Waals surface area contributed by atoms with Crippen LogP contribution >= 0.6 is 12.2 Å². The smallest absolute Gasteiger partial charge is 0.185 e. The maximum absolute atomic E-state index is 5.17. The van der Waals surface area contributed by atoms with Crippen molar-refractivity contribution in [2.75, 3.05) is 6.67 Å². The van der Waals surface area contributed by atoms with Crippen molar-refractivity contribution in [2.24, 2.45) is 0 Å². The van der Waals surface area contributed by atoms with Gasteiger partial charge in [0.2, 0.25) is 0 Å². The summed E-state index contributed by atoms with van der Waals surface area (Å²) in [5.41, 5.74) is 4.44. The van der Waals surface area contributed by atoms with Gasteiger partial charge in [0.15, 0.2) is 5.11 Å². The van der Waals surface area contributed by atoms with Gasteiger partial charge in [-0.2, -0.15) is 0 Å². The van der Waals surface area contributed by atoms with E-state index in [9.17, 15) is 0 Å². The minimum Gasteiger partial charge on any atom is -0.347 e. The number of hydrogen-bond donors (Lipinski definition) is 2. The average Bonchev–Trinajstić information content (AvgIpc) is 2.65. The van der Waals surface area contributed by atoms with E-state index in [0.29, 0.717) is 0 Å². The second kappa shape index (κ2) is 3.94. The molecule has 4 heteroatoms. The van der Waals surface area contributed by atoms with E-state index in [1.165, 1.54) is 5.56 Å². The molecule has 2 N–H and O–H groups in total. The standard InChI is InChI=1S/C10H13N3S/c1-8(9-5-3-2-4-6-9)13-10(14)11-7-12-13/h2-6,8,12H,7H2,1H3,(H,11,14). The number of rotatable bonds is 2. The minimum atomic E-state index is 0.263. The zero-order chi connectivity index (χ0) is 9.97. The molecular formula is C10H13N3S. The van der Waals surface area contributed by atoms with E-state index in [2.05, 4.69) is 29.8 Å². The molecule has 1 aromatic carbocycles. The van der Waals surface area contributed by atoms with Crippen molar-refractivity contribution in [1.29, 1.82) is 0 Å². The monoisotopic (exact) mass is 207 g/mol. The quantitative estimate of drug-likeness (QED) is 0.717. The molecule has 1 atom stereocenters. The van der Waals surface area contributed by atoms with Crippen molar-refractivity contribution in [1.82, 2.24) is 15.8 Å². The first-order valence-corrected chi connectivity index (χ1v) is 5.05. The van der Waals surface area contributed by atoms with E-state index >= 15 is 0 Å². The highest BCUT2D eigenvalue weighted by Crippen LogP contribution is 2.18. The molecule has 1 aliphatic heterocycles. The minimum absolute atomic E-state index is 0.263. The van der Waals surface area contributed by atoms with E-state index in [1.54, 1.807) is 0 Å². The summed E-state index contributed by atoms with van der Waals surface area (Å²) in [5.74, 6) is 0. The van der Waals surface area contributed by atoms with Crippen molar-refractivity contribution in [3.8, 4) is 0 Å². The van der Waals surface area contributed by atoms with E-state index in [1.807, 2.05) is 23.2 Å². The molecule has 1 aliphatic rings. The van der Waals surface area contributed by atoms with Crippen molar-refractivity contribution >= 4 is 17.3 Å². The summed E-state index contributed by atoms with van der Waals surface area (Å²) < 4.78 is 0. The van der Waals surface area contributed by atoms with Gasteiger partial charge < -0.3 is 5.32 Å².